The molecule has 5 rings (SSSR count). The summed E-state index contributed by atoms with van der Waals surface area (Å²) in [6.45, 7) is 6.11. The molecule has 0 saturated carbocycles. The van der Waals surface area contributed by atoms with Crippen molar-refractivity contribution in [2.24, 2.45) is 0 Å². The van der Waals surface area contributed by atoms with E-state index < -0.39 is 0 Å². The first kappa shape index (κ1) is 20.4. The summed E-state index contributed by atoms with van der Waals surface area (Å²) < 4.78 is 6.01. The molecule has 1 saturated heterocycles. The van der Waals surface area contributed by atoms with Gasteiger partial charge < -0.3 is 26.0 Å². The number of pyridine rings is 1. The summed E-state index contributed by atoms with van der Waals surface area (Å²) in [7, 11) is 0. The van der Waals surface area contributed by atoms with Crippen molar-refractivity contribution >= 4 is 50.4 Å². The van der Waals surface area contributed by atoms with E-state index in [1.165, 1.54) is 11.3 Å². The van der Waals surface area contributed by atoms with Gasteiger partial charge in [0.25, 0.3) is 5.91 Å². The minimum Gasteiger partial charge on any atom is -0.491 e. The van der Waals surface area contributed by atoms with Crippen LogP contribution in [0.4, 0.5) is 11.4 Å². The topological polar surface area (TPSA) is 92.5 Å². The normalized spacial score (nSPS) is 18.5. The summed E-state index contributed by atoms with van der Waals surface area (Å²) in [6.07, 6.45) is 0.615. The lowest BCUT2D eigenvalue weighted by Crippen LogP contribution is -2.44. The maximum Gasteiger partial charge on any atom is 0.263 e. The van der Waals surface area contributed by atoms with Gasteiger partial charge in [0.05, 0.1) is 11.7 Å². The molecule has 1 aromatic carbocycles. The highest BCUT2D eigenvalue weighted by molar-refractivity contribution is 7.21. The highest BCUT2D eigenvalue weighted by Gasteiger charge is 2.27. The van der Waals surface area contributed by atoms with Crippen molar-refractivity contribution < 1.29 is 9.53 Å². The van der Waals surface area contributed by atoms with Crippen molar-refractivity contribution in [1.82, 2.24) is 15.6 Å². The lowest BCUT2D eigenvalue weighted by atomic mass is 10.0. The van der Waals surface area contributed by atoms with Gasteiger partial charge in [-0.25, -0.2) is 4.98 Å². The Balaban J connectivity index is 1.33. The monoisotopic (exact) mass is 457 g/mol. The minimum absolute atomic E-state index is 0.179. The number of fused-ring (bicyclic) bond motifs is 2. The van der Waals surface area contributed by atoms with Gasteiger partial charge in [0.2, 0.25) is 0 Å². The van der Waals surface area contributed by atoms with Crippen LogP contribution < -0.4 is 26.0 Å². The Morgan fingerprint density at radius 2 is 2.16 bits per heavy atom. The molecular weight excluding hydrogens is 434 g/mol. The Labute approximate surface area is 189 Å². The second kappa shape index (κ2) is 8.18. The molecule has 4 heterocycles. The van der Waals surface area contributed by atoms with Gasteiger partial charge in [-0.1, -0.05) is 11.6 Å². The highest BCUT2D eigenvalue weighted by Crippen LogP contribution is 2.37. The Morgan fingerprint density at radius 3 is 2.97 bits per heavy atom. The maximum atomic E-state index is 12.9. The summed E-state index contributed by atoms with van der Waals surface area (Å²) in [5, 5.41) is 7.90. The van der Waals surface area contributed by atoms with E-state index in [2.05, 4.69) is 26.6 Å². The van der Waals surface area contributed by atoms with Crippen LogP contribution in [0.25, 0.3) is 10.2 Å². The fourth-order valence-corrected chi connectivity index (χ4v) is 5.45. The van der Waals surface area contributed by atoms with E-state index >= 15 is 0 Å². The molecule has 2 aromatic heterocycles. The van der Waals surface area contributed by atoms with Crippen molar-refractivity contribution in [1.29, 1.82) is 0 Å². The second-order valence-electron chi connectivity index (χ2n) is 7.98. The molecule has 9 heteroatoms. The third kappa shape index (κ3) is 3.91. The molecule has 1 atom stereocenters. The number of piperazine rings is 1. The molecule has 0 radical (unpaired) electrons. The summed E-state index contributed by atoms with van der Waals surface area (Å²) in [5.41, 5.74) is 9.61. The smallest absolute Gasteiger partial charge is 0.263 e. The van der Waals surface area contributed by atoms with Crippen LogP contribution in [0, 0.1) is 6.92 Å². The second-order valence-corrected chi connectivity index (χ2v) is 9.38. The Kier molecular flexibility index (Phi) is 5.37. The fourth-order valence-electron chi connectivity index (χ4n) is 4.13. The molecule has 1 fully saturated rings. The molecule has 0 unspecified atom stereocenters. The summed E-state index contributed by atoms with van der Waals surface area (Å²) in [5.74, 6) is 0.594. The lowest BCUT2D eigenvalue weighted by molar-refractivity contribution is 0.0920. The van der Waals surface area contributed by atoms with Crippen molar-refractivity contribution in [3.8, 4) is 5.75 Å². The largest absolute Gasteiger partial charge is 0.491 e. The number of benzene rings is 1. The van der Waals surface area contributed by atoms with Gasteiger partial charge in [-0.2, -0.15) is 0 Å². The minimum atomic E-state index is -0.205. The number of hydrogen-bond donors (Lipinski definition) is 3. The summed E-state index contributed by atoms with van der Waals surface area (Å²) in [4.78, 5) is 21.0. The number of anilines is 2. The van der Waals surface area contributed by atoms with Gasteiger partial charge in [-0.3, -0.25) is 4.79 Å². The molecule has 2 aliphatic heterocycles. The van der Waals surface area contributed by atoms with Crippen molar-refractivity contribution in [2.75, 3.05) is 43.4 Å². The Morgan fingerprint density at radius 1 is 1.35 bits per heavy atom. The van der Waals surface area contributed by atoms with Crippen LogP contribution >= 0.6 is 22.9 Å². The maximum absolute atomic E-state index is 12.9. The molecule has 0 bridgehead atoms. The standard InChI is InChI=1S/C22H24ClN5O2S/c1-12-2-3-15-19(24)20(31-22(15)26-12)21(29)27-13-8-16-17(23)9-14(10-18(16)30-11-13)28-6-4-25-5-7-28/h2-3,9-10,13,25H,4-8,11,24H2,1H3,(H,27,29)/t13-/m0/s1. The number of thiophene rings is 1. The molecular formula is C22H24ClN5O2S. The molecule has 0 aliphatic carbocycles. The number of halogens is 1. The van der Waals surface area contributed by atoms with Gasteiger partial charge in [-0.15, -0.1) is 11.3 Å². The molecule has 31 heavy (non-hydrogen) atoms. The van der Waals surface area contributed by atoms with Crippen molar-refractivity contribution in [2.45, 2.75) is 19.4 Å². The molecule has 3 aromatic rings. The van der Waals surface area contributed by atoms with Crippen LogP contribution in [-0.2, 0) is 6.42 Å². The van der Waals surface area contributed by atoms with Crippen LogP contribution in [0.2, 0.25) is 5.02 Å². The number of carbonyl (C=O) groups is 1. The number of nitrogens with one attached hydrogen (secondary N) is 2. The molecule has 0 spiro atoms. The zero-order valence-corrected chi connectivity index (χ0v) is 18.8. The van der Waals surface area contributed by atoms with E-state index in [0.717, 1.165) is 59.1 Å². The number of nitrogen functional groups attached to an aromatic ring is 1. The van der Waals surface area contributed by atoms with Gasteiger partial charge in [0.1, 0.15) is 22.1 Å². The number of carbonyl (C=O) groups excluding carboxylic acids is 1. The average Bonchev–Trinajstić information content (AvgIpc) is 3.10. The average molecular weight is 458 g/mol. The Hall–Kier alpha value is -2.55. The van der Waals surface area contributed by atoms with E-state index in [-0.39, 0.29) is 11.9 Å². The quantitative estimate of drug-likeness (QED) is 0.560. The van der Waals surface area contributed by atoms with Gasteiger partial charge in [-0.05, 0) is 25.1 Å². The van der Waals surface area contributed by atoms with E-state index in [1.807, 2.05) is 25.1 Å². The molecule has 2 aliphatic rings. The van der Waals surface area contributed by atoms with Gasteiger partial charge in [0, 0.05) is 66.0 Å². The molecule has 4 N–H and O–H groups in total. The Bertz CT molecular complexity index is 1160. The first-order chi connectivity index (χ1) is 15.0. The van der Waals surface area contributed by atoms with Crippen molar-refractivity contribution in [3.63, 3.8) is 0 Å². The van der Waals surface area contributed by atoms with Crippen LogP contribution in [0.5, 0.6) is 5.75 Å². The van der Waals surface area contributed by atoms with Gasteiger partial charge in [0.15, 0.2) is 0 Å². The van der Waals surface area contributed by atoms with Crippen LogP contribution in [0.15, 0.2) is 24.3 Å². The number of ether oxygens (including phenoxy) is 1. The lowest BCUT2D eigenvalue weighted by Gasteiger charge is -2.32. The first-order valence-corrected chi connectivity index (χ1v) is 11.6. The summed E-state index contributed by atoms with van der Waals surface area (Å²) in [6, 6.07) is 7.69. The zero-order valence-electron chi connectivity index (χ0n) is 17.2. The molecule has 1 amide bonds. The predicted octanol–water partition coefficient (Wildman–Crippen LogP) is 2.98. The number of hydrogen-bond acceptors (Lipinski definition) is 7. The predicted molar refractivity (Wildman–Crippen MR) is 126 cm³/mol. The summed E-state index contributed by atoms with van der Waals surface area (Å²) >= 11 is 7.93. The van der Waals surface area contributed by atoms with E-state index in [1.54, 1.807) is 0 Å². The number of nitrogens with two attached hydrogens (primary N) is 1. The fraction of sp³-hybridized carbons (Fsp3) is 0.364. The number of aryl methyl sites for hydroxylation is 1. The number of nitrogens with zero attached hydrogens (tertiary/aromatic N) is 2. The van der Waals surface area contributed by atoms with E-state index in [9.17, 15) is 4.79 Å². The third-order valence-corrected chi connectivity index (χ3v) is 7.24. The zero-order chi connectivity index (χ0) is 21.5. The van der Waals surface area contributed by atoms with E-state index in [0.29, 0.717) is 28.6 Å². The highest BCUT2D eigenvalue weighted by atomic mass is 35.5. The molecule has 7 nitrogen and oxygen atoms in total. The number of aromatic nitrogens is 1. The molecule has 162 valence electrons. The third-order valence-electron chi connectivity index (χ3n) is 5.79. The van der Waals surface area contributed by atoms with Crippen LogP contribution in [0.1, 0.15) is 20.9 Å². The van der Waals surface area contributed by atoms with Crippen molar-refractivity contribution in [3.05, 3.63) is 45.4 Å². The number of rotatable bonds is 3. The number of amides is 1. The SMILES string of the molecule is Cc1ccc2c(N)c(C(=O)N[C@@H]3COc4cc(N5CCNCC5)cc(Cl)c4C3)sc2n1. The van der Waals surface area contributed by atoms with Gasteiger partial charge >= 0.3 is 0 Å². The van der Waals surface area contributed by atoms with E-state index in [4.69, 9.17) is 22.1 Å². The van der Waals surface area contributed by atoms with Crippen LogP contribution in [0.3, 0.4) is 0 Å². The first-order valence-electron chi connectivity index (χ1n) is 10.4. The van der Waals surface area contributed by atoms with Crippen LogP contribution in [-0.4, -0.2) is 49.7 Å².